The molecule has 76 valence electrons. The minimum atomic E-state index is -0.693. The molecule has 2 unspecified atom stereocenters. The maximum absolute atomic E-state index is 10.8. The molecule has 0 bridgehead atoms. The van der Waals surface area contributed by atoms with E-state index in [2.05, 4.69) is 0 Å². The lowest BCUT2D eigenvalue weighted by Crippen LogP contribution is -2.25. The van der Waals surface area contributed by atoms with Crippen molar-refractivity contribution in [3.05, 3.63) is 23.7 Å². The third kappa shape index (κ3) is 1.54. The molecule has 1 aromatic heterocycles. The van der Waals surface area contributed by atoms with Crippen molar-refractivity contribution >= 4 is 5.97 Å². The normalized spacial score (nSPS) is 22.8. The van der Waals surface area contributed by atoms with Crippen LogP contribution in [0.4, 0.5) is 0 Å². The molecular formula is C11H14O3. The van der Waals surface area contributed by atoms with Crippen LogP contribution in [0.1, 0.15) is 24.7 Å². The molecule has 1 aliphatic carbocycles. The molecule has 3 heteroatoms. The summed E-state index contributed by atoms with van der Waals surface area (Å²) in [5.74, 6) is 0.358. The maximum atomic E-state index is 10.8. The average Bonchev–Trinajstić information content (AvgIpc) is 2.62. The van der Waals surface area contributed by atoms with Gasteiger partial charge in [0.15, 0.2) is 0 Å². The van der Waals surface area contributed by atoms with Gasteiger partial charge in [-0.1, -0.05) is 6.92 Å². The maximum Gasteiger partial charge on any atom is 0.306 e. The van der Waals surface area contributed by atoms with Gasteiger partial charge in [0.25, 0.3) is 0 Å². The number of aryl methyl sites for hydroxylation is 1. The summed E-state index contributed by atoms with van der Waals surface area (Å²) in [6.45, 7) is 1.79. The smallest absolute Gasteiger partial charge is 0.306 e. The van der Waals surface area contributed by atoms with Gasteiger partial charge in [-0.05, 0) is 30.4 Å². The number of carboxylic acids is 1. The van der Waals surface area contributed by atoms with E-state index in [0.29, 0.717) is 0 Å². The Morgan fingerprint density at radius 2 is 2.50 bits per heavy atom. The number of hydrogen-bond donors (Lipinski definition) is 1. The zero-order valence-electron chi connectivity index (χ0n) is 8.19. The highest BCUT2D eigenvalue weighted by Crippen LogP contribution is 2.30. The summed E-state index contributed by atoms with van der Waals surface area (Å²) in [5, 5.41) is 8.91. The van der Waals surface area contributed by atoms with Crippen molar-refractivity contribution in [3.63, 3.8) is 0 Å². The predicted octanol–water partition coefficient (Wildman–Crippen LogP) is 2.11. The quantitative estimate of drug-likeness (QED) is 0.784. The van der Waals surface area contributed by atoms with Crippen LogP contribution in [0.3, 0.4) is 0 Å². The van der Waals surface area contributed by atoms with E-state index in [1.807, 2.05) is 6.07 Å². The molecule has 0 saturated carbocycles. The first-order valence-corrected chi connectivity index (χ1v) is 4.96. The first kappa shape index (κ1) is 9.31. The lowest BCUT2D eigenvalue weighted by atomic mass is 9.80. The molecule has 0 radical (unpaired) electrons. The number of fused-ring (bicyclic) bond motifs is 1. The van der Waals surface area contributed by atoms with Gasteiger partial charge in [0.1, 0.15) is 5.76 Å². The van der Waals surface area contributed by atoms with Crippen molar-refractivity contribution in [1.82, 2.24) is 0 Å². The van der Waals surface area contributed by atoms with E-state index >= 15 is 0 Å². The minimum absolute atomic E-state index is 0.252. The SMILES string of the molecule is CC(C(=O)O)C1CCc2occc2C1. The number of carboxylic acid groups (broad SMARTS) is 1. The zero-order chi connectivity index (χ0) is 10.1. The van der Waals surface area contributed by atoms with E-state index in [1.54, 1.807) is 13.2 Å². The molecule has 2 atom stereocenters. The molecule has 0 saturated heterocycles. The van der Waals surface area contributed by atoms with Crippen LogP contribution >= 0.6 is 0 Å². The molecule has 0 fully saturated rings. The zero-order valence-corrected chi connectivity index (χ0v) is 8.19. The van der Waals surface area contributed by atoms with Crippen molar-refractivity contribution in [3.8, 4) is 0 Å². The average molecular weight is 194 g/mol. The van der Waals surface area contributed by atoms with Crippen LogP contribution in [0.15, 0.2) is 16.7 Å². The van der Waals surface area contributed by atoms with Gasteiger partial charge in [0.05, 0.1) is 12.2 Å². The Labute approximate surface area is 82.7 Å². The third-order valence-electron chi connectivity index (χ3n) is 3.16. The molecule has 0 spiro atoms. The molecule has 0 aliphatic heterocycles. The summed E-state index contributed by atoms with van der Waals surface area (Å²) < 4.78 is 5.30. The van der Waals surface area contributed by atoms with Crippen molar-refractivity contribution in [1.29, 1.82) is 0 Å². The number of hydrogen-bond acceptors (Lipinski definition) is 2. The lowest BCUT2D eigenvalue weighted by Gasteiger charge is -2.24. The third-order valence-corrected chi connectivity index (χ3v) is 3.16. The first-order chi connectivity index (χ1) is 6.68. The standard InChI is InChI=1S/C11H14O3/c1-7(11(12)13)8-2-3-10-9(6-8)4-5-14-10/h4-5,7-8H,2-3,6H2,1H3,(H,12,13). The van der Waals surface area contributed by atoms with Gasteiger partial charge < -0.3 is 9.52 Å². The highest BCUT2D eigenvalue weighted by molar-refractivity contribution is 5.70. The molecule has 1 heterocycles. The van der Waals surface area contributed by atoms with Crippen molar-refractivity contribution in [2.24, 2.45) is 11.8 Å². The second kappa shape index (κ2) is 3.48. The fourth-order valence-electron chi connectivity index (χ4n) is 2.10. The Balaban J connectivity index is 2.11. The monoisotopic (exact) mass is 194 g/mol. The molecule has 2 rings (SSSR count). The van der Waals surface area contributed by atoms with Crippen LogP contribution in [0.5, 0.6) is 0 Å². The van der Waals surface area contributed by atoms with Crippen LogP contribution in [0, 0.1) is 11.8 Å². The van der Waals surface area contributed by atoms with E-state index in [9.17, 15) is 4.79 Å². The summed E-state index contributed by atoms with van der Waals surface area (Å²) in [7, 11) is 0. The summed E-state index contributed by atoms with van der Waals surface area (Å²) >= 11 is 0. The van der Waals surface area contributed by atoms with Crippen molar-refractivity contribution in [2.75, 3.05) is 0 Å². The molecule has 14 heavy (non-hydrogen) atoms. The van der Waals surface area contributed by atoms with Gasteiger partial charge in [0.2, 0.25) is 0 Å². The number of carbonyl (C=O) groups is 1. The van der Waals surface area contributed by atoms with Crippen LogP contribution in [0.2, 0.25) is 0 Å². The summed E-state index contributed by atoms with van der Waals surface area (Å²) in [6, 6.07) is 1.95. The molecule has 1 N–H and O–H groups in total. The van der Waals surface area contributed by atoms with E-state index < -0.39 is 5.97 Å². The molecule has 0 aromatic carbocycles. The van der Waals surface area contributed by atoms with Crippen LogP contribution in [-0.4, -0.2) is 11.1 Å². The van der Waals surface area contributed by atoms with Gasteiger partial charge in [-0.2, -0.15) is 0 Å². The van der Waals surface area contributed by atoms with E-state index in [0.717, 1.165) is 25.0 Å². The van der Waals surface area contributed by atoms with Gasteiger partial charge in [-0.15, -0.1) is 0 Å². The Bertz CT molecular complexity index is 340. The molecule has 3 nitrogen and oxygen atoms in total. The Kier molecular flexibility index (Phi) is 2.32. The van der Waals surface area contributed by atoms with Crippen LogP contribution < -0.4 is 0 Å². The number of aliphatic carboxylic acids is 1. The topological polar surface area (TPSA) is 50.4 Å². The summed E-state index contributed by atoms with van der Waals surface area (Å²) in [4.78, 5) is 10.8. The summed E-state index contributed by atoms with van der Waals surface area (Å²) in [5.41, 5.74) is 1.19. The van der Waals surface area contributed by atoms with Crippen LogP contribution in [-0.2, 0) is 17.6 Å². The Hall–Kier alpha value is -1.25. The van der Waals surface area contributed by atoms with Crippen molar-refractivity contribution in [2.45, 2.75) is 26.2 Å². The Morgan fingerprint density at radius 3 is 3.21 bits per heavy atom. The van der Waals surface area contributed by atoms with Crippen LogP contribution in [0.25, 0.3) is 0 Å². The molecular weight excluding hydrogens is 180 g/mol. The largest absolute Gasteiger partial charge is 0.481 e. The molecule has 1 aliphatic rings. The second-order valence-corrected chi connectivity index (χ2v) is 4.00. The first-order valence-electron chi connectivity index (χ1n) is 4.96. The minimum Gasteiger partial charge on any atom is -0.481 e. The number of furan rings is 1. The highest BCUT2D eigenvalue weighted by atomic mass is 16.4. The predicted molar refractivity (Wildman–Crippen MR) is 51.0 cm³/mol. The van der Waals surface area contributed by atoms with E-state index in [1.165, 1.54) is 5.56 Å². The van der Waals surface area contributed by atoms with Gasteiger partial charge in [0, 0.05) is 6.42 Å². The molecule has 1 aromatic rings. The summed E-state index contributed by atoms with van der Waals surface area (Å²) in [6.07, 6.45) is 4.34. The second-order valence-electron chi connectivity index (χ2n) is 4.00. The Morgan fingerprint density at radius 1 is 1.71 bits per heavy atom. The molecule has 0 amide bonds. The fourth-order valence-corrected chi connectivity index (χ4v) is 2.10. The fraction of sp³-hybridized carbons (Fsp3) is 0.545. The van der Waals surface area contributed by atoms with Gasteiger partial charge >= 0.3 is 5.97 Å². The van der Waals surface area contributed by atoms with E-state index in [4.69, 9.17) is 9.52 Å². The lowest BCUT2D eigenvalue weighted by molar-refractivity contribution is -0.143. The van der Waals surface area contributed by atoms with Crippen molar-refractivity contribution < 1.29 is 14.3 Å². The number of rotatable bonds is 2. The van der Waals surface area contributed by atoms with Gasteiger partial charge in [-0.3, -0.25) is 4.79 Å². The van der Waals surface area contributed by atoms with E-state index in [-0.39, 0.29) is 11.8 Å². The highest BCUT2D eigenvalue weighted by Gasteiger charge is 2.28. The van der Waals surface area contributed by atoms with Gasteiger partial charge in [-0.25, -0.2) is 0 Å².